The summed E-state index contributed by atoms with van der Waals surface area (Å²) in [5.74, 6) is 0. The van der Waals surface area contributed by atoms with E-state index in [0.717, 1.165) is 54.7 Å². The molecule has 0 unspecified atom stereocenters. The van der Waals surface area contributed by atoms with Crippen molar-refractivity contribution in [3.63, 3.8) is 0 Å². The largest absolute Gasteiger partial charge is 0.315 e. The number of pyridine rings is 1. The predicted molar refractivity (Wildman–Crippen MR) is 98.4 cm³/mol. The van der Waals surface area contributed by atoms with E-state index in [1.54, 1.807) is 0 Å². The van der Waals surface area contributed by atoms with E-state index in [0.29, 0.717) is 0 Å². The lowest BCUT2D eigenvalue weighted by atomic mass is 10.1. The quantitative estimate of drug-likeness (QED) is 0.792. The van der Waals surface area contributed by atoms with Crippen LogP contribution in [0.5, 0.6) is 0 Å². The second-order valence-corrected chi connectivity index (χ2v) is 6.66. The number of benzene rings is 1. The van der Waals surface area contributed by atoms with Gasteiger partial charge < -0.3 is 9.72 Å². The maximum atomic E-state index is 6.24. The van der Waals surface area contributed by atoms with Crippen LogP contribution in [-0.4, -0.2) is 40.5 Å². The molecule has 3 heterocycles. The molecule has 24 heavy (non-hydrogen) atoms. The van der Waals surface area contributed by atoms with Crippen molar-refractivity contribution >= 4 is 17.2 Å². The molecule has 1 N–H and O–H groups in total. The molecule has 124 valence electrons. The molecule has 4 rings (SSSR count). The lowest BCUT2D eigenvalue weighted by Gasteiger charge is -2.20. The van der Waals surface area contributed by atoms with Gasteiger partial charge in [-0.15, -0.1) is 0 Å². The van der Waals surface area contributed by atoms with Crippen molar-refractivity contribution < 1.29 is 0 Å². The van der Waals surface area contributed by atoms with Crippen molar-refractivity contribution in [2.24, 2.45) is 0 Å². The van der Waals surface area contributed by atoms with Crippen LogP contribution in [0, 0.1) is 0 Å². The fourth-order valence-electron chi connectivity index (χ4n) is 3.32. The number of aromatic nitrogens is 2. The Morgan fingerprint density at radius 1 is 1.04 bits per heavy atom. The molecule has 0 saturated carbocycles. The number of nitrogens with zero attached hydrogens (tertiary/aromatic N) is 3. The third-order valence-electron chi connectivity index (χ3n) is 4.53. The van der Waals surface area contributed by atoms with E-state index < -0.39 is 0 Å². The van der Waals surface area contributed by atoms with Gasteiger partial charge in [0.15, 0.2) is 0 Å². The smallest absolute Gasteiger partial charge is 0.137 e. The van der Waals surface area contributed by atoms with Crippen LogP contribution in [0.1, 0.15) is 12.1 Å². The maximum Gasteiger partial charge on any atom is 0.137 e. The van der Waals surface area contributed by atoms with Crippen LogP contribution in [0.25, 0.3) is 16.9 Å². The standard InChI is InChI=1S/C19H21ClN4/c20-16-7-8-18-22-19(15-5-2-1-3-6-15)17(24(18)13-16)14-23-11-4-9-21-10-12-23/h1-3,5-8,13,21H,4,9-12,14H2. The van der Waals surface area contributed by atoms with Crippen molar-refractivity contribution in [2.75, 3.05) is 26.2 Å². The molecule has 0 bridgehead atoms. The van der Waals surface area contributed by atoms with Crippen LogP contribution >= 0.6 is 11.6 Å². The minimum Gasteiger partial charge on any atom is -0.315 e. The Bertz CT molecular complexity index is 820. The highest BCUT2D eigenvalue weighted by Crippen LogP contribution is 2.27. The van der Waals surface area contributed by atoms with Gasteiger partial charge in [0.05, 0.1) is 16.4 Å². The van der Waals surface area contributed by atoms with E-state index >= 15 is 0 Å². The molecule has 2 aromatic heterocycles. The molecule has 0 spiro atoms. The summed E-state index contributed by atoms with van der Waals surface area (Å²) in [4.78, 5) is 7.37. The van der Waals surface area contributed by atoms with Crippen LogP contribution in [0.4, 0.5) is 0 Å². The highest BCUT2D eigenvalue weighted by atomic mass is 35.5. The summed E-state index contributed by atoms with van der Waals surface area (Å²) in [5, 5.41) is 4.20. The van der Waals surface area contributed by atoms with E-state index in [1.807, 2.05) is 24.4 Å². The van der Waals surface area contributed by atoms with E-state index in [-0.39, 0.29) is 0 Å². The average Bonchev–Trinajstić information content (AvgIpc) is 2.78. The normalized spacial score (nSPS) is 16.4. The molecule has 1 saturated heterocycles. The van der Waals surface area contributed by atoms with Gasteiger partial charge in [-0.1, -0.05) is 41.9 Å². The first-order chi connectivity index (χ1) is 11.8. The molecule has 5 heteroatoms. The average molecular weight is 341 g/mol. The summed E-state index contributed by atoms with van der Waals surface area (Å²) in [6, 6.07) is 14.3. The molecular weight excluding hydrogens is 320 g/mol. The number of hydrogen-bond acceptors (Lipinski definition) is 3. The molecule has 0 aliphatic carbocycles. The lowest BCUT2D eigenvalue weighted by Crippen LogP contribution is -2.28. The van der Waals surface area contributed by atoms with Crippen LogP contribution in [-0.2, 0) is 6.54 Å². The van der Waals surface area contributed by atoms with Crippen LogP contribution < -0.4 is 5.32 Å². The Morgan fingerprint density at radius 2 is 1.92 bits per heavy atom. The number of rotatable bonds is 3. The Kier molecular flexibility index (Phi) is 4.52. The van der Waals surface area contributed by atoms with Gasteiger partial charge in [0.1, 0.15) is 5.65 Å². The fourth-order valence-corrected chi connectivity index (χ4v) is 3.48. The van der Waals surface area contributed by atoms with Crippen LogP contribution in [0.3, 0.4) is 0 Å². The Balaban J connectivity index is 1.79. The van der Waals surface area contributed by atoms with Crippen LogP contribution in [0.15, 0.2) is 48.7 Å². The fraction of sp³-hybridized carbons (Fsp3) is 0.316. The zero-order valence-electron chi connectivity index (χ0n) is 13.6. The number of hydrogen-bond donors (Lipinski definition) is 1. The predicted octanol–water partition coefficient (Wildman–Crippen LogP) is 3.45. The summed E-state index contributed by atoms with van der Waals surface area (Å²) in [5.41, 5.74) is 4.36. The molecule has 4 nitrogen and oxygen atoms in total. The van der Waals surface area contributed by atoms with Gasteiger partial charge in [0.2, 0.25) is 0 Å². The Hall–Kier alpha value is -1.88. The van der Waals surface area contributed by atoms with E-state index in [4.69, 9.17) is 16.6 Å². The number of halogens is 1. The summed E-state index contributed by atoms with van der Waals surface area (Å²) in [6.07, 6.45) is 3.15. The molecule has 0 atom stereocenters. The molecule has 1 aliphatic rings. The van der Waals surface area contributed by atoms with Crippen LogP contribution in [0.2, 0.25) is 5.02 Å². The van der Waals surface area contributed by atoms with Crippen molar-refractivity contribution in [3.05, 3.63) is 59.4 Å². The Morgan fingerprint density at radius 3 is 2.79 bits per heavy atom. The summed E-state index contributed by atoms with van der Waals surface area (Å²) in [6.45, 7) is 5.18. The minimum atomic E-state index is 0.735. The molecule has 1 aliphatic heterocycles. The highest BCUT2D eigenvalue weighted by molar-refractivity contribution is 6.30. The molecule has 0 amide bonds. The number of imidazole rings is 1. The van der Waals surface area contributed by atoms with Gasteiger partial charge in [-0.25, -0.2) is 4.98 Å². The summed E-state index contributed by atoms with van der Waals surface area (Å²) >= 11 is 6.24. The third-order valence-corrected chi connectivity index (χ3v) is 4.76. The zero-order valence-corrected chi connectivity index (χ0v) is 14.3. The van der Waals surface area contributed by atoms with Gasteiger partial charge in [0.25, 0.3) is 0 Å². The van der Waals surface area contributed by atoms with Gasteiger partial charge in [-0.3, -0.25) is 4.90 Å². The minimum absolute atomic E-state index is 0.735. The zero-order chi connectivity index (χ0) is 16.4. The SMILES string of the molecule is Clc1ccc2nc(-c3ccccc3)c(CN3CCCNCC3)n2c1. The van der Waals surface area contributed by atoms with Gasteiger partial charge in [-0.2, -0.15) is 0 Å². The van der Waals surface area contributed by atoms with Crippen molar-refractivity contribution in [1.29, 1.82) is 0 Å². The molecule has 1 aromatic carbocycles. The molecular formula is C19H21ClN4. The highest BCUT2D eigenvalue weighted by Gasteiger charge is 2.18. The number of fused-ring (bicyclic) bond motifs is 1. The topological polar surface area (TPSA) is 32.6 Å². The first-order valence-electron chi connectivity index (χ1n) is 8.46. The van der Waals surface area contributed by atoms with E-state index in [2.05, 4.69) is 38.9 Å². The van der Waals surface area contributed by atoms with Crippen molar-refractivity contribution in [2.45, 2.75) is 13.0 Å². The van der Waals surface area contributed by atoms with Gasteiger partial charge >= 0.3 is 0 Å². The molecule has 1 fully saturated rings. The second-order valence-electron chi connectivity index (χ2n) is 6.23. The second kappa shape index (κ2) is 6.93. The maximum absolute atomic E-state index is 6.24. The molecule has 0 radical (unpaired) electrons. The third kappa shape index (κ3) is 3.18. The summed E-state index contributed by atoms with van der Waals surface area (Å²) in [7, 11) is 0. The number of nitrogens with one attached hydrogen (secondary N) is 1. The Labute approximate surface area is 147 Å². The lowest BCUT2D eigenvalue weighted by molar-refractivity contribution is 0.281. The first-order valence-corrected chi connectivity index (χ1v) is 8.84. The first kappa shape index (κ1) is 15.6. The monoisotopic (exact) mass is 340 g/mol. The van der Waals surface area contributed by atoms with Gasteiger partial charge in [0, 0.05) is 31.4 Å². The van der Waals surface area contributed by atoms with Gasteiger partial charge in [-0.05, 0) is 31.6 Å². The van der Waals surface area contributed by atoms with Crippen molar-refractivity contribution in [1.82, 2.24) is 19.6 Å². The van der Waals surface area contributed by atoms with E-state index in [9.17, 15) is 0 Å². The van der Waals surface area contributed by atoms with E-state index in [1.165, 1.54) is 12.1 Å². The molecule has 3 aromatic rings. The van der Waals surface area contributed by atoms with Crippen molar-refractivity contribution in [3.8, 4) is 11.3 Å². The summed E-state index contributed by atoms with van der Waals surface area (Å²) < 4.78 is 2.14.